The van der Waals surface area contributed by atoms with Crippen molar-refractivity contribution in [3.63, 3.8) is 0 Å². The average molecular weight is 371 g/mol. The Labute approximate surface area is 151 Å². The van der Waals surface area contributed by atoms with E-state index < -0.39 is 0 Å². The van der Waals surface area contributed by atoms with Crippen LogP contribution in [-0.2, 0) is 12.3 Å². The van der Waals surface area contributed by atoms with Crippen LogP contribution in [0.25, 0.3) is 5.69 Å². The summed E-state index contributed by atoms with van der Waals surface area (Å²) in [5.74, 6) is 2.22. The van der Waals surface area contributed by atoms with Gasteiger partial charge in [-0.1, -0.05) is 41.3 Å². The third-order valence-electron chi connectivity index (χ3n) is 3.26. The van der Waals surface area contributed by atoms with Crippen LogP contribution in [0.2, 0.25) is 0 Å². The summed E-state index contributed by atoms with van der Waals surface area (Å²) in [7, 11) is 0. The van der Waals surface area contributed by atoms with Crippen molar-refractivity contribution in [2.45, 2.75) is 16.6 Å². The summed E-state index contributed by atoms with van der Waals surface area (Å²) >= 11 is 3.04. The van der Waals surface area contributed by atoms with Gasteiger partial charge in [-0.15, -0.1) is 15.3 Å². The lowest BCUT2D eigenvalue weighted by molar-refractivity contribution is 0.518. The van der Waals surface area contributed by atoms with E-state index in [1.54, 1.807) is 22.7 Å². The van der Waals surface area contributed by atoms with Gasteiger partial charge in [-0.05, 0) is 34.7 Å². The van der Waals surface area contributed by atoms with Gasteiger partial charge in [-0.25, -0.2) is 0 Å². The fourth-order valence-corrected chi connectivity index (χ4v) is 3.76. The van der Waals surface area contributed by atoms with Crippen molar-refractivity contribution in [1.29, 1.82) is 0 Å². The molecule has 126 valence electrons. The average Bonchev–Trinajstić information content (AvgIpc) is 3.40. The summed E-state index contributed by atoms with van der Waals surface area (Å²) in [6.45, 7) is 0.582. The molecule has 0 atom stereocenters. The molecule has 0 bridgehead atoms. The number of furan rings is 1. The van der Waals surface area contributed by atoms with Crippen molar-refractivity contribution >= 4 is 28.2 Å². The molecule has 25 heavy (non-hydrogen) atoms. The van der Waals surface area contributed by atoms with E-state index in [4.69, 9.17) is 4.42 Å². The highest BCUT2D eigenvalue weighted by atomic mass is 32.2. The highest BCUT2D eigenvalue weighted by molar-refractivity contribution is 8.00. The van der Waals surface area contributed by atoms with E-state index in [9.17, 15) is 0 Å². The quantitative estimate of drug-likeness (QED) is 0.495. The fourth-order valence-electron chi connectivity index (χ4n) is 2.11. The first kappa shape index (κ1) is 15.8. The minimum absolute atomic E-state index is 0.582. The second kappa shape index (κ2) is 7.45. The molecule has 0 radical (unpaired) electrons. The molecule has 0 fully saturated rings. The Bertz CT molecular complexity index is 920. The lowest BCUT2D eigenvalue weighted by atomic mass is 10.3. The Morgan fingerprint density at radius 2 is 2.00 bits per heavy atom. The molecule has 0 aliphatic heterocycles. The molecule has 0 saturated carbocycles. The van der Waals surface area contributed by atoms with E-state index >= 15 is 0 Å². The standard InChI is InChI=1S/C15H13N7OS2/c1-2-5-11(6-3-1)22-13(17-20-21-22)10-24-15-19-18-14(25-15)16-9-12-7-4-8-23-12/h1-8H,9-10H2,(H,16,18). The summed E-state index contributed by atoms with van der Waals surface area (Å²) in [4.78, 5) is 0. The molecule has 1 N–H and O–H groups in total. The fraction of sp³-hybridized carbons (Fsp3) is 0.133. The summed E-state index contributed by atoms with van der Waals surface area (Å²) in [6, 6.07) is 13.6. The molecule has 0 aliphatic rings. The summed E-state index contributed by atoms with van der Waals surface area (Å²) < 4.78 is 7.86. The molecule has 0 aliphatic carbocycles. The molecule has 4 rings (SSSR count). The molecular formula is C15H13N7OS2. The lowest BCUT2D eigenvalue weighted by Gasteiger charge is -2.02. The first-order valence-electron chi connectivity index (χ1n) is 7.44. The van der Waals surface area contributed by atoms with E-state index in [-0.39, 0.29) is 0 Å². The van der Waals surface area contributed by atoms with Crippen molar-refractivity contribution in [2.24, 2.45) is 0 Å². The smallest absolute Gasteiger partial charge is 0.206 e. The van der Waals surface area contributed by atoms with Gasteiger partial charge in [0.05, 0.1) is 24.2 Å². The van der Waals surface area contributed by atoms with Crippen molar-refractivity contribution < 1.29 is 4.42 Å². The summed E-state index contributed by atoms with van der Waals surface area (Å²) in [5.41, 5.74) is 0.932. The van der Waals surface area contributed by atoms with Crippen LogP contribution in [0.4, 0.5) is 5.13 Å². The molecule has 0 unspecified atom stereocenters. The number of hydrogen-bond acceptors (Lipinski definition) is 9. The Balaban J connectivity index is 1.37. The van der Waals surface area contributed by atoms with Gasteiger partial charge >= 0.3 is 0 Å². The molecule has 0 spiro atoms. The number of hydrogen-bond donors (Lipinski definition) is 1. The molecule has 1 aromatic carbocycles. The Morgan fingerprint density at radius 1 is 1.08 bits per heavy atom. The van der Waals surface area contributed by atoms with Gasteiger partial charge in [0.1, 0.15) is 5.76 Å². The van der Waals surface area contributed by atoms with Crippen LogP contribution in [0.1, 0.15) is 11.6 Å². The third-order valence-corrected chi connectivity index (χ3v) is 5.27. The SMILES string of the molecule is c1ccc(-n2nnnc2CSc2nnc(NCc3ccco3)s2)cc1. The molecule has 3 aromatic heterocycles. The number of aromatic nitrogens is 6. The number of nitrogens with zero attached hydrogens (tertiary/aromatic N) is 6. The van der Waals surface area contributed by atoms with Gasteiger partial charge in [0, 0.05) is 0 Å². The van der Waals surface area contributed by atoms with Crippen LogP contribution in [0.15, 0.2) is 57.5 Å². The van der Waals surface area contributed by atoms with Gasteiger partial charge in [-0.3, -0.25) is 0 Å². The molecule has 0 saturated heterocycles. The van der Waals surface area contributed by atoms with Gasteiger partial charge in [0.15, 0.2) is 10.2 Å². The third kappa shape index (κ3) is 3.86. The number of benzene rings is 1. The van der Waals surface area contributed by atoms with Crippen molar-refractivity contribution in [3.05, 3.63) is 60.3 Å². The van der Waals surface area contributed by atoms with Gasteiger partial charge in [-0.2, -0.15) is 4.68 Å². The Kier molecular flexibility index (Phi) is 4.70. The number of nitrogens with one attached hydrogen (secondary N) is 1. The van der Waals surface area contributed by atoms with E-state index in [1.165, 1.54) is 11.3 Å². The van der Waals surface area contributed by atoms with Gasteiger partial charge in [0.2, 0.25) is 5.13 Å². The monoisotopic (exact) mass is 371 g/mol. The van der Waals surface area contributed by atoms with Gasteiger partial charge < -0.3 is 9.73 Å². The number of tetrazole rings is 1. The predicted octanol–water partition coefficient (Wildman–Crippen LogP) is 3.01. The zero-order valence-electron chi connectivity index (χ0n) is 12.9. The normalized spacial score (nSPS) is 10.9. The minimum Gasteiger partial charge on any atom is -0.467 e. The van der Waals surface area contributed by atoms with E-state index in [2.05, 4.69) is 31.0 Å². The largest absolute Gasteiger partial charge is 0.467 e. The second-order valence-electron chi connectivity index (χ2n) is 4.94. The van der Waals surface area contributed by atoms with Crippen molar-refractivity contribution in [3.8, 4) is 5.69 Å². The predicted molar refractivity (Wildman–Crippen MR) is 94.7 cm³/mol. The maximum Gasteiger partial charge on any atom is 0.206 e. The van der Waals surface area contributed by atoms with Crippen LogP contribution >= 0.6 is 23.1 Å². The molecular weight excluding hydrogens is 358 g/mol. The van der Waals surface area contributed by atoms with Gasteiger partial charge in [0.25, 0.3) is 0 Å². The minimum atomic E-state index is 0.582. The van der Waals surface area contributed by atoms with Crippen LogP contribution in [0.5, 0.6) is 0 Å². The van der Waals surface area contributed by atoms with Crippen molar-refractivity contribution in [1.82, 2.24) is 30.4 Å². The number of para-hydroxylation sites is 1. The highest BCUT2D eigenvalue weighted by Crippen LogP contribution is 2.28. The zero-order chi connectivity index (χ0) is 16.9. The van der Waals surface area contributed by atoms with Crippen LogP contribution in [-0.4, -0.2) is 30.4 Å². The lowest BCUT2D eigenvalue weighted by Crippen LogP contribution is -2.01. The van der Waals surface area contributed by atoms with Crippen LogP contribution in [0.3, 0.4) is 0 Å². The van der Waals surface area contributed by atoms with E-state index in [0.29, 0.717) is 12.3 Å². The topological polar surface area (TPSA) is 94.5 Å². The van der Waals surface area contributed by atoms with Crippen LogP contribution < -0.4 is 5.32 Å². The summed E-state index contributed by atoms with van der Waals surface area (Å²) in [5, 5.41) is 24.2. The second-order valence-corrected chi connectivity index (χ2v) is 7.14. The molecule has 0 amide bonds. The first-order chi connectivity index (χ1) is 12.4. The maximum absolute atomic E-state index is 5.28. The van der Waals surface area contributed by atoms with E-state index in [0.717, 1.165) is 26.7 Å². The maximum atomic E-state index is 5.28. The van der Waals surface area contributed by atoms with E-state index in [1.807, 2.05) is 42.5 Å². The molecule has 10 heteroatoms. The number of anilines is 1. The molecule has 4 aromatic rings. The Morgan fingerprint density at radius 3 is 2.84 bits per heavy atom. The molecule has 3 heterocycles. The highest BCUT2D eigenvalue weighted by Gasteiger charge is 2.11. The van der Waals surface area contributed by atoms with Crippen LogP contribution in [0, 0.1) is 0 Å². The first-order valence-corrected chi connectivity index (χ1v) is 9.24. The molecule has 8 nitrogen and oxygen atoms in total. The zero-order valence-corrected chi connectivity index (χ0v) is 14.6. The Hall–Kier alpha value is -2.72. The van der Waals surface area contributed by atoms with Crippen molar-refractivity contribution in [2.75, 3.05) is 5.32 Å². The summed E-state index contributed by atoms with van der Waals surface area (Å²) in [6.07, 6.45) is 1.65. The number of thioether (sulfide) groups is 1. The number of rotatable bonds is 7.